The lowest BCUT2D eigenvalue weighted by molar-refractivity contribution is -0.126. The molecule has 0 bridgehead atoms. The molecular formula is C7H11N5OS. The quantitative estimate of drug-likeness (QED) is 0.664. The van der Waals surface area contributed by atoms with Crippen LogP contribution in [0.15, 0.2) is 5.16 Å². The van der Waals surface area contributed by atoms with Gasteiger partial charge in [0.25, 0.3) is 0 Å². The molecule has 7 heteroatoms. The van der Waals surface area contributed by atoms with E-state index in [1.807, 2.05) is 7.05 Å². The largest absolute Gasteiger partial charge is 0.345 e. The molecule has 0 aliphatic carbocycles. The second-order valence-electron chi connectivity index (χ2n) is 3.24. The van der Waals surface area contributed by atoms with E-state index in [9.17, 15) is 4.79 Å². The number of thioether (sulfide) groups is 1. The van der Waals surface area contributed by atoms with Crippen molar-refractivity contribution in [3.05, 3.63) is 0 Å². The predicted molar refractivity (Wildman–Crippen MR) is 50.7 cm³/mol. The van der Waals surface area contributed by atoms with Crippen molar-refractivity contribution in [2.45, 2.75) is 16.8 Å². The average Bonchev–Trinajstić information content (AvgIpc) is 2.68. The number of likely N-dealkylation sites (tertiary alicyclic amines) is 1. The third-order valence-corrected chi connectivity index (χ3v) is 3.49. The SMILES string of the molecule is CN1CCC(Sc2nnnn2C)C1=O. The molecule has 1 amide bonds. The second-order valence-corrected chi connectivity index (χ2v) is 4.41. The zero-order valence-electron chi connectivity index (χ0n) is 8.04. The molecule has 76 valence electrons. The van der Waals surface area contributed by atoms with Gasteiger partial charge in [-0.3, -0.25) is 4.79 Å². The molecule has 1 atom stereocenters. The first kappa shape index (κ1) is 9.45. The number of amides is 1. The van der Waals surface area contributed by atoms with Gasteiger partial charge in [-0.25, -0.2) is 4.68 Å². The molecule has 1 unspecified atom stereocenters. The fourth-order valence-electron chi connectivity index (χ4n) is 1.35. The van der Waals surface area contributed by atoms with Gasteiger partial charge in [-0.05, 0) is 16.8 Å². The van der Waals surface area contributed by atoms with Crippen LogP contribution in [-0.2, 0) is 11.8 Å². The van der Waals surface area contributed by atoms with E-state index in [4.69, 9.17) is 0 Å². The van der Waals surface area contributed by atoms with Crippen LogP contribution in [0.5, 0.6) is 0 Å². The van der Waals surface area contributed by atoms with E-state index >= 15 is 0 Å². The summed E-state index contributed by atoms with van der Waals surface area (Å²) in [4.78, 5) is 13.3. The third kappa shape index (κ3) is 1.59. The van der Waals surface area contributed by atoms with E-state index in [0.29, 0.717) is 5.16 Å². The minimum absolute atomic E-state index is 0.0234. The predicted octanol–water partition coefficient (Wildman–Crippen LogP) is -0.467. The topological polar surface area (TPSA) is 63.9 Å². The van der Waals surface area contributed by atoms with E-state index in [0.717, 1.165) is 13.0 Å². The summed E-state index contributed by atoms with van der Waals surface area (Å²) in [6, 6.07) is 0. The van der Waals surface area contributed by atoms with Gasteiger partial charge in [0.1, 0.15) is 0 Å². The first-order valence-corrected chi connectivity index (χ1v) is 5.20. The summed E-state index contributed by atoms with van der Waals surface area (Å²) in [7, 11) is 3.59. The van der Waals surface area contributed by atoms with Gasteiger partial charge in [0.15, 0.2) is 0 Å². The van der Waals surface area contributed by atoms with Gasteiger partial charge in [0.05, 0.1) is 5.25 Å². The van der Waals surface area contributed by atoms with Gasteiger partial charge < -0.3 is 4.90 Å². The average molecular weight is 213 g/mol. The van der Waals surface area contributed by atoms with E-state index in [1.165, 1.54) is 11.8 Å². The van der Waals surface area contributed by atoms with Gasteiger partial charge in [-0.2, -0.15) is 0 Å². The first-order valence-electron chi connectivity index (χ1n) is 4.32. The molecule has 14 heavy (non-hydrogen) atoms. The van der Waals surface area contributed by atoms with Crippen molar-refractivity contribution < 1.29 is 4.79 Å². The minimum atomic E-state index is -0.0234. The summed E-state index contributed by atoms with van der Waals surface area (Å²) in [6.07, 6.45) is 0.868. The van der Waals surface area contributed by atoms with Gasteiger partial charge in [-0.1, -0.05) is 11.8 Å². The maximum atomic E-state index is 11.6. The molecule has 0 spiro atoms. The standard InChI is InChI=1S/C7H11N5OS/c1-11-4-3-5(6(11)13)14-7-8-9-10-12(7)2/h5H,3-4H2,1-2H3. The summed E-state index contributed by atoms with van der Waals surface area (Å²) in [6.45, 7) is 0.821. The number of hydrogen-bond acceptors (Lipinski definition) is 5. The van der Waals surface area contributed by atoms with Crippen LogP contribution in [0.1, 0.15) is 6.42 Å². The highest BCUT2D eigenvalue weighted by molar-refractivity contribution is 8.00. The number of carbonyl (C=O) groups excluding carboxylic acids is 1. The molecule has 6 nitrogen and oxygen atoms in total. The highest BCUT2D eigenvalue weighted by atomic mass is 32.2. The number of aromatic nitrogens is 4. The van der Waals surface area contributed by atoms with E-state index in [-0.39, 0.29) is 11.2 Å². The van der Waals surface area contributed by atoms with Crippen LogP contribution in [-0.4, -0.2) is 49.9 Å². The normalized spacial score (nSPS) is 22.0. The first-order chi connectivity index (χ1) is 6.68. The fraction of sp³-hybridized carbons (Fsp3) is 0.714. The minimum Gasteiger partial charge on any atom is -0.345 e. The Morgan fingerprint density at radius 2 is 2.29 bits per heavy atom. The Bertz CT molecular complexity index is 352. The van der Waals surface area contributed by atoms with Crippen molar-refractivity contribution in [2.75, 3.05) is 13.6 Å². The van der Waals surface area contributed by atoms with E-state index in [2.05, 4.69) is 15.5 Å². The van der Waals surface area contributed by atoms with Crippen molar-refractivity contribution in [2.24, 2.45) is 7.05 Å². The summed E-state index contributed by atoms with van der Waals surface area (Å²) in [5.41, 5.74) is 0. The highest BCUT2D eigenvalue weighted by Gasteiger charge is 2.31. The van der Waals surface area contributed by atoms with E-state index in [1.54, 1.807) is 16.6 Å². The summed E-state index contributed by atoms with van der Waals surface area (Å²) < 4.78 is 1.58. The van der Waals surface area contributed by atoms with Crippen molar-refractivity contribution in [3.63, 3.8) is 0 Å². The Morgan fingerprint density at radius 3 is 2.79 bits per heavy atom. The summed E-state index contributed by atoms with van der Waals surface area (Å²) in [5.74, 6) is 0.165. The molecule has 0 N–H and O–H groups in total. The molecular weight excluding hydrogens is 202 g/mol. The molecule has 0 saturated carbocycles. The molecule has 0 aromatic carbocycles. The molecule has 1 aromatic heterocycles. The van der Waals surface area contributed by atoms with Crippen LogP contribution in [0.25, 0.3) is 0 Å². The van der Waals surface area contributed by atoms with Crippen LogP contribution < -0.4 is 0 Å². The molecule has 2 rings (SSSR count). The molecule has 1 aromatic rings. The van der Waals surface area contributed by atoms with Crippen LogP contribution in [0.2, 0.25) is 0 Å². The van der Waals surface area contributed by atoms with Crippen molar-refractivity contribution in [1.29, 1.82) is 0 Å². The second kappa shape index (κ2) is 3.56. The number of aryl methyl sites for hydroxylation is 1. The number of carbonyl (C=O) groups is 1. The van der Waals surface area contributed by atoms with E-state index < -0.39 is 0 Å². The molecule has 2 heterocycles. The Balaban J connectivity index is 2.06. The smallest absolute Gasteiger partial charge is 0.235 e. The fourth-order valence-corrected chi connectivity index (χ4v) is 2.38. The Labute approximate surface area is 85.6 Å². The number of nitrogens with zero attached hydrogens (tertiary/aromatic N) is 5. The van der Waals surface area contributed by atoms with Crippen LogP contribution in [0.4, 0.5) is 0 Å². The molecule has 1 aliphatic heterocycles. The van der Waals surface area contributed by atoms with Gasteiger partial charge in [0.2, 0.25) is 11.1 Å². The monoisotopic (exact) mass is 213 g/mol. The van der Waals surface area contributed by atoms with Gasteiger partial charge in [0, 0.05) is 20.6 Å². The number of tetrazole rings is 1. The van der Waals surface area contributed by atoms with Gasteiger partial charge >= 0.3 is 0 Å². The maximum absolute atomic E-state index is 11.6. The third-order valence-electron chi connectivity index (χ3n) is 2.21. The zero-order valence-corrected chi connectivity index (χ0v) is 8.86. The zero-order chi connectivity index (χ0) is 10.1. The van der Waals surface area contributed by atoms with Crippen LogP contribution >= 0.6 is 11.8 Å². The molecule has 1 fully saturated rings. The lowest BCUT2D eigenvalue weighted by Gasteiger charge is -2.08. The lowest BCUT2D eigenvalue weighted by Crippen LogP contribution is -2.23. The summed E-state index contributed by atoms with van der Waals surface area (Å²) in [5, 5.41) is 11.7. The molecule has 1 aliphatic rings. The number of rotatable bonds is 2. The lowest BCUT2D eigenvalue weighted by atomic mass is 10.4. The van der Waals surface area contributed by atoms with Gasteiger partial charge in [-0.15, -0.1) is 5.10 Å². The van der Waals surface area contributed by atoms with Crippen molar-refractivity contribution in [3.8, 4) is 0 Å². The number of hydrogen-bond donors (Lipinski definition) is 0. The Kier molecular flexibility index (Phi) is 2.40. The van der Waals surface area contributed by atoms with Crippen molar-refractivity contribution >= 4 is 17.7 Å². The highest BCUT2D eigenvalue weighted by Crippen LogP contribution is 2.27. The van der Waals surface area contributed by atoms with Crippen LogP contribution in [0, 0.1) is 0 Å². The summed E-state index contributed by atoms with van der Waals surface area (Å²) >= 11 is 1.43. The molecule has 1 saturated heterocycles. The molecule has 0 radical (unpaired) electrons. The van der Waals surface area contributed by atoms with Crippen molar-refractivity contribution in [1.82, 2.24) is 25.1 Å². The Hall–Kier alpha value is -1.11. The maximum Gasteiger partial charge on any atom is 0.235 e. The Morgan fingerprint density at radius 1 is 1.50 bits per heavy atom. The van der Waals surface area contributed by atoms with Crippen LogP contribution in [0.3, 0.4) is 0 Å².